The summed E-state index contributed by atoms with van der Waals surface area (Å²) in [6.45, 7) is 3.20. The Bertz CT molecular complexity index is 421. The molecule has 1 aromatic heterocycles. The third kappa shape index (κ3) is 2.88. The lowest BCUT2D eigenvalue weighted by molar-refractivity contribution is -0.124. The maximum Gasteiger partial charge on any atom is 0.220 e. The van der Waals surface area contributed by atoms with E-state index in [2.05, 4.69) is 10.3 Å². The summed E-state index contributed by atoms with van der Waals surface area (Å²) in [6, 6.07) is 1.95. The van der Waals surface area contributed by atoms with Gasteiger partial charge in [0.15, 0.2) is 0 Å². The van der Waals surface area contributed by atoms with E-state index in [-0.39, 0.29) is 11.3 Å². The number of hydrogen-bond acceptors (Lipinski definition) is 3. The van der Waals surface area contributed by atoms with Gasteiger partial charge >= 0.3 is 0 Å². The number of pyridine rings is 1. The second-order valence-electron chi connectivity index (χ2n) is 5.31. The maximum absolute atomic E-state index is 11.9. The number of aromatic nitrogens is 1. The van der Waals surface area contributed by atoms with E-state index in [9.17, 15) is 4.79 Å². The predicted molar refractivity (Wildman–Crippen MR) is 70.8 cm³/mol. The van der Waals surface area contributed by atoms with Crippen LogP contribution < -0.4 is 11.1 Å². The molecule has 1 aromatic rings. The fourth-order valence-electron chi connectivity index (χ4n) is 2.41. The molecule has 18 heavy (non-hydrogen) atoms. The minimum absolute atomic E-state index is 0.0774. The largest absolute Gasteiger partial charge is 0.352 e. The lowest BCUT2D eigenvalue weighted by Crippen LogP contribution is -2.41. The van der Waals surface area contributed by atoms with Crippen molar-refractivity contribution in [2.75, 3.05) is 6.54 Å². The van der Waals surface area contributed by atoms with E-state index in [1.165, 1.54) is 6.42 Å². The lowest BCUT2D eigenvalue weighted by Gasteiger charge is -2.40. The van der Waals surface area contributed by atoms with E-state index in [0.29, 0.717) is 19.5 Å². The molecule has 4 nitrogen and oxygen atoms in total. The average molecular weight is 247 g/mol. The Morgan fingerprint density at radius 3 is 2.89 bits per heavy atom. The molecule has 4 heteroatoms. The quantitative estimate of drug-likeness (QED) is 0.829. The van der Waals surface area contributed by atoms with Crippen molar-refractivity contribution in [2.45, 2.75) is 39.2 Å². The van der Waals surface area contributed by atoms with Crippen LogP contribution in [0, 0.1) is 12.3 Å². The zero-order chi connectivity index (χ0) is 13.0. The summed E-state index contributed by atoms with van der Waals surface area (Å²) in [4.78, 5) is 16.0. The van der Waals surface area contributed by atoms with E-state index < -0.39 is 0 Å². The van der Waals surface area contributed by atoms with E-state index in [1.54, 1.807) is 12.4 Å². The first kappa shape index (κ1) is 13.0. The Hall–Kier alpha value is -1.42. The smallest absolute Gasteiger partial charge is 0.220 e. The van der Waals surface area contributed by atoms with E-state index >= 15 is 0 Å². The third-order valence-corrected chi connectivity index (χ3v) is 4.01. The first-order valence-corrected chi connectivity index (χ1v) is 6.51. The molecule has 1 heterocycles. The fraction of sp³-hybridized carbons (Fsp3) is 0.571. The van der Waals surface area contributed by atoms with Gasteiger partial charge < -0.3 is 11.1 Å². The van der Waals surface area contributed by atoms with E-state index in [4.69, 9.17) is 5.73 Å². The fourth-order valence-corrected chi connectivity index (χ4v) is 2.41. The molecule has 3 N–H and O–H groups in total. The number of carbonyl (C=O) groups is 1. The molecule has 2 rings (SSSR count). The zero-order valence-electron chi connectivity index (χ0n) is 10.9. The molecule has 1 fully saturated rings. The molecule has 1 amide bonds. The van der Waals surface area contributed by atoms with E-state index in [1.807, 2.05) is 13.0 Å². The summed E-state index contributed by atoms with van der Waals surface area (Å²) in [5, 5.41) is 2.96. The second-order valence-corrected chi connectivity index (χ2v) is 5.31. The number of nitrogens with zero attached hydrogens (tertiary/aromatic N) is 1. The lowest BCUT2D eigenvalue weighted by atomic mass is 9.66. The van der Waals surface area contributed by atoms with E-state index in [0.717, 1.165) is 24.0 Å². The molecule has 0 spiro atoms. The van der Waals surface area contributed by atoms with Crippen LogP contribution >= 0.6 is 0 Å². The van der Waals surface area contributed by atoms with Crippen molar-refractivity contribution >= 4 is 5.91 Å². The third-order valence-electron chi connectivity index (χ3n) is 4.01. The summed E-state index contributed by atoms with van der Waals surface area (Å²) in [5.41, 5.74) is 8.06. The van der Waals surface area contributed by atoms with Gasteiger partial charge in [-0.3, -0.25) is 9.78 Å². The minimum Gasteiger partial charge on any atom is -0.352 e. The average Bonchev–Trinajstić information content (AvgIpc) is 2.33. The number of aryl methyl sites for hydroxylation is 1. The Balaban J connectivity index is 1.83. The molecule has 0 radical (unpaired) electrons. The first-order valence-electron chi connectivity index (χ1n) is 6.51. The van der Waals surface area contributed by atoms with Crippen LogP contribution in [0.3, 0.4) is 0 Å². The number of rotatable bonds is 5. The molecular formula is C14H21N3O. The zero-order valence-corrected chi connectivity index (χ0v) is 10.9. The Kier molecular flexibility index (Phi) is 3.97. The Morgan fingerprint density at radius 2 is 2.33 bits per heavy atom. The van der Waals surface area contributed by atoms with Crippen LogP contribution in [0.5, 0.6) is 0 Å². The van der Waals surface area contributed by atoms with Crippen molar-refractivity contribution in [3.05, 3.63) is 29.6 Å². The van der Waals surface area contributed by atoms with Gasteiger partial charge in [-0.2, -0.15) is 0 Å². The number of carbonyl (C=O) groups excluding carboxylic acids is 1. The van der Waals surface area contributed by atoms with Gasteiger partial charge in [0.05, 0.1) is 0 Å². The number of hydrogen-bond donors (Lipinski definition) is 2. The van der Waals surface area contributed by atoms with Crippen molar-refractivity contribution in [1.82, 2.24) is 10.3 Å². The van der Waals surface area contributed by atoms with Crippen molar-refractivity contribution in [1.29, 1.82) is 0 Å². The van der Waals surface area contributed by atoms with Gasteiger partial charge in [-0.05, 0) is 48.9 Å². The Morgan fingerprint density at radius 1 is 1.56 bits per heavy atom. The molecule has 0 atom stereocenters. The van der Waals surface area contributed by atoms with Crippen LogP contribution in [0.25, 0.3) is 0 Å². The normalized spacial score (nSPS) is 17.0. The number of nitrogens with one attached hydrogen (secondary N) is 1. The van der Waals surface area contributed by atoms with Crippen LogP contribution in [-0.4, -0.2) is 17.4 Å². The summed E-state index contributed by atoms with van der Waals surface area (Å²) in [6.07, 6.45) is 7.50. The molecule has 98 valence electrons. The topological polar surface area (TPSA) is 68.0 Å². The van der Waals surface area contributed by atoms with Gasteiger partial charge in [0.25, 0.3) is 0 Å². The predicted octanol–water partition coefficient (Wildman–Crippen LogP) is 1.53. The van der Waals surface area contributed by atoms with Gasteiger partial charge in [0, 0.05) is 25.4 Å². The highest BCUT2D eigenvalue weighted by Gasteiger charge is 2.37. The monoisotopic (exact) mass is 247 g/mol. The van der Waals surface area contributed by atoms with Crippen LogP contribution in [0.2, 0.25) is 0 Å². The van der Waals surface area contributed by atoms with Crippen LogP contribution in [0.4, 0.5) is 0 Å². The van der Waals surface area contributed by atoms with Gasteiger partial charge in [-0.1, -0.05) is 6.42 Å². The molecule has 1 saturated carbocycles. The Labute approximate surface area is 108 Å². The number of nitrogens with two attached hydrogens (primary N) is 1. The van der Waals surface area contributed by atoms with Gasteiger partial charge in [-0.25, -0.2) is 0 Å². The van der Waals surface area contributed by atoms with Gasteiger partial charge in [0.1, 0.15) is 0 Å². The first-order chi connectivity index (χ1) is 8.65. The summed E-state index contributed by atoms with van der Waals surface area (Å²) in [5.74, 6) is 0.100. The summed E-state index contributed by atoms with van der Waals surface area (Å²) >= 11 is 0. The highest BCUT2D eigenvalue weighted by molar-refractivity contribution is 5.76. The highest BCUT2D eigenvalue weighted by atomic mass is 16.1. The standard InChI is InChI=1S/C14H21N3O/c1-11-3-6-16-8-12(11)9-17-13(18)7-14(10-15)4-2-5-14/h3,6,8H,2,4-5,7,9-10,15H2,1H3,(H,17,18). The van der Waals surface area contributed by atoms with Gasteiger partial charge in [-0.15, -0.1) is 0 Å². The van der Waals surface area contributed by atoms with Crippen LogP contribution in [0.15, 0.2) is 18.5 Å². The molecule has 1 aliphatic rings. The molecule has 0 unspecified atom stereocenters. The summed E-state index contributed by atoms with van der Waals surface area (Å²) in [7, 11) is 0. The molecule has 1 aliphatic carbocycles. The SMILES string of the molecule is Cc1ccncc1CNC(=O)CC1(CN)CCC1. The van der Waals surface area contributed by atoms with Crippen molar-refractivity contribution < 1.29 is 4.79 Å². The van der Waals surface area contributed by atoms with Crippen molar-refractivity contribution in [3.63, 3.8) is 0 Å². The minimum atomic E-state index is 0.0774. The second kappa shape index (κ2) is 5.48. The van der Waals surface area contributed by atoms with Crippen LogP contribution in [-0.2, 0) is 11.3 Å². The maximum atomic E-state index is 11.9. The molecule has 0 aromatic carbocycles. The van der Waals surface area contributed by atoms with Crippen LogP contribution in [0.1, 0.15) is 36.8 Å². The van der Waals surface area contributed by atoms with Gasteiger partial charge in [0.2, 0.25) is 5.91 Å². The number of amides is 1. The summed E-state index contributed by atoms with van der Waals surface area (Å²) < 4.78 is 0. The van der Waals surface area contributed by atoms with Crippen molar-refractivity contribution in [3.8, 4) is 0 Å². The molecular weight excluding hydrogens is 226 g/mol. The highest BCUT2D eigenvalue weighted by Crippen LogP contribution is 2.42. The van der Waals surface area contributed by atoms with Crippen molar-refractivity contribution in [2.24, 2.45) is 11.1 Å². The molecule has 0 bridgehead atoms. The molecule has 0 saturated heterocycles. The molecule has 0 aliphatic heterocycles.